The Bertz CT molecular complexity index is 391. The number of nitrogens with one attached hydrogen (secondary N) is 1. The number of ether oxygens (including phenoxy) is 1. The van der Waals surface area contributed by atoms with Crippen molar-refractivity contribution in [3.63, 3.8) is 0 Å². The number of nitrogens with two attached hydrogens (primary N) is 1. The lowest BCUT2D eigenvalue weighted by Gasteiger charge is -2.07. The molecule has 0 heterocycles. The van der Waals surface area contributed by atoms with E-state index < -0.39 is 6.03 Å². The van der Waals surface area contributed by atoms with E-state index in [4.69, 9.17) is 10.5 Å². The fraction of sp³-hybridized carbons (Fsp3) is 0.333. The van der Waals surface area contributed by atoms with Crippen LogP contribution in [0.2, 0.25) is 0 Å². The zero-order valence-corrected chi connectivity index (χ0v) is 9.85. The molecule has 1 aromatic rings. The third-order valence-corrected chi connectivity index (χ3v) is 2.05. The minimum Gasteiger partial charge on any atom is -0.493 e. The lowest BCUT2D eigenvalue weighted by molar-refractivity contribution is 0.249. The van der Waals surface area contributed by atoms with Gasteiger partial charge in [0.25, 0.3) is 0 Å². The van der Waals surface area contributed by atoms with Crippen LogP contribution in [0.1, 0.15) is 25.3 Å². The zero-order chi connectivity index (χ0) is 12.5. The van der Waals surface area contributed by atoms with Crippen LogP contribution in [-0.4, -0.2) is 18.9 Å². The Hall–Kier alpha value is -2.04. The summed E-state index contributed by atoms with van der Waals surface area (Å²) < 4.78 is 5.60. The average molecular weight is 235 g/mol. The summed E-state index contributed by atoms with van der Waals surface area (Å²) in [6, 6.07) is 6.79. The van der Waals surface area contributed by atoms with E-state index in [9.17, 15) is 4.79 Å². The van der Waals surface area contributed by atoms with E-state index >= 15 is 0 Å². The first-order valence-corrected chi connectivity index (χ1v) is 5.54. The molecule has 0 aliphatic carbocycles. The minimum absolute atomic E-state index is 0.671. The van der Waals surface area contributed by atoms with Crippen LogP contribution in [-0.2, 0) is 0 Å². The van der Waals surface area contributed by atoms with Gasteiger partial charge in [0.2, 0.25) is 0 Å². The van der Waals surface area contributed by atoms with E-state index in [2.05, 4.69) is 17.5 Å². The summed E-state index contributed by atoms with van der Waals surface area (Å²) in [4.78, 5) is 10.5. The molecule has 17 heavy (non-hydrogen) atoms. The number of unbranched alkanes of at least 4 members (excludes halogenated alkanes) is 1. The topological polar surface area (TPSA) is 76.7 Å². The van der Waals surface area contributed by atoms with E-state index in [0.717, 1.165) is 24.2 Å². The van der Waals surface area contributed by atoms with Gasteiger partial charge in [-0.15, -0.1) is 0 Å². The lowest BCUT2D eigenvalue weighted by Crippen LogP contribution is -2.24. The zero-order valence-electron chi connectivity index (χ0n) is 9.85. The molecule has 0 spiro atoms. The number of carbonyl (C=O) groups is 1. The SMILES string of the molecule is CCCCOc1ccccc1C=NNC(N)=O. The number of benzene rings is 1. The van der Waals surface area contributed by atoms with Gasteiger partial charge in [-0.2, -0.15) is 5.10 Å². The summed E-state index contributed by atoms with van der Waals surface area (Å²) in [5.41, 5.74) is 7.84. The van der Waals surface area contributed by atoms with Crippen LogP contribution < -0.4 is 15.9 Å². The minimum atomic E-state index is -0.689. The quantitative estimate of drug-likeness (QED) is 0.448. The van der Waals surface area contributed by atoms with Crippen LogP contribution in [0.5, 0.6) is 5.75 Å². The second kappa shape index (κ2) is 7.27. The van der Waals surface area contributed by atoms with Crippen LogP contribution in [0.4, 0.5) is 4.79 Å². The van der Waals surface area contributed by atoms with Crippen molar-refractivity contribution in [2.24, 2.45) is 10.8 Å². The van der Waals surface area contributed by atoms with Crippen molar-refractivity contribution < 1.29 is 9.53 Å². The van der Waals surface area contributed by atoms with Crippen molar-refractivity contribution >= 4 is 12.2 Å². The molecule has 2 amide bonds. The number of hydrogen-bond acceptors (Lipinski definition) is 3. The van der Waals surface area contributed by atoms with Crippen molar-refractivity contribution in [1.82, 2.24) is 5.43 Å². The number of rotatable bonds is 6. The maximum Gasteiger partial charge on any atom is 0.332 e. The number of amides is 2. The van der Waals surface area contributed by atoms with Gasteiger partial charge in [0.05, 0.1) is 12.8 Å². The van der Waals surface area contributed by atoms with Crippen LogP contribution in [0, 0.1) is 0 Å². The summed E-state index contributed by atoms with van der Waals surface area (Å²) in [5, 5.41) is 3.70. The molecule has 1 rings (SSSR count). The fourth-order valence-electron chi connectivity index (χ4n) is 1.21. The molecule has 0 fully saturated rings. The standard InChI is InChI=1S/C12H17N3O2/c1-2-3-8-17-11-7-5-4-6-10(11)9-14-15-12(13)16/h4-7,9H,2-3,8H2,1H3,(H3,13,15,16). The van der Waals surface area contributed by atoms with Crippen LogP contribution in [0.15, 0.2) is 29.4 Å². The molecule has 5 nitrogen and oxygen atoms in total. The number of para-hydroxylation sites is 1. The number of primary amides is 1. The van der Waals surface area contributed by atoms with Gasteiger partial charge in [-0.1, -0.05) is 25.5 Å². The highest BCUT2D eigenvalue weighted by molar-refractivity contribution is 5.84. The van der Waals surface area contributed by atoms with Crippen molar-refractivity contribution in [2.75, 3.05) is 6.61 Å². The highest BCUT2D eigenvalue weighted by atomic mass is 16.5. The highest BCUT2D eigenvalue weighted by Crippen LogP contribution is 2.16. The first kappa shape index (κ1) is 13.0. The summed E-state index contributed by atoms with van der Waals surface area (Å²) in [5.74, 6) is 0.746. The second-order valence-corrected chi connectivity index (χ2v) is 3.47. The molecule has 0 saturated heterocycles. The predicted molar refractivity (Wildman–Crippen MR) is 67.2 cm³/mol. The molecule has 0 bridgehead atoms. The third kappa shape index (κ3) is 5.01. The number of carbonyl (C=O) groups excluding carboxylic acids is 1. The molecule has 5 heteroatoms. The number of hydrogen-bond donors (Lipinski definition) is 2. The smallest absolute Gasteiger partial charge is 0.332 e. The molecule has 0 aliphatic rings. The van der Waals surface area contributed by atoms with E-state index in [1.54, 1.807) is 0 Å². The number of hydrazone groups is 1. The van der Waals surface area contributed by atoms with E-state index in [1.165, 1.54) is 6.21 Å². The predicted octanol–water partition coefficient (Wildman–Crippen LogP) is 1.87. The first-order valence-electron chi connectivity index (χ1n) is 5.54. The molecular weight excluding hydrogens is 218 g/mol. The molecular formula is C12H17N3O2. The molecule has 0 aliphatic heterocycles. The fourth-order valence-corrected chi connectivity index (χ4v) is 1.21. The van der Waals surface area contributed by atoms with Crippen molar-refractivity contribution in [3.05, 3.63) is 29.8 Å². The van der Waals surface area contributed by atoms with Gasteiger partial charge in [0.1, 0.15) is 5.75 Å². The Morgan fingerprint density at radius 3 is 3.00 bits per heavy atom. The van der Waals surface area contributed by atoms with E-state index in [0.29, 0.717) is 6.61 Å². The van der Waals surface area contributed by atoms with Crippen molar-refractivity contribution in [3.8, 4) is 5.75 Å². The van der Waals surface area contributed by atoms with Gasteiger partial charge < -0.3 is 10.5 Å². The van der Waals surface area contributed by atoms with Gasteiger partial charge in [-0.3, -0.25) is 0 Å². The van der Waals surface area contributed by atoms with Gasteiger partial charge in [0.15, 0.2) is 0 Å². The molecule has 0 unspecified atom stereocenters. The number of nitrogens with zero attached hydrogens (tertiary/aromatic N) is 1. The Morgan fingerprint density at radius 1 is 1.53 bits per heavy atom. The van der Waals surface area contributed by atoms with Gasteiger partial charge >= 0.3 is 6.03 Å². The summed E-state index contributed by atoms with van der Waals surface area (Å²) in [7, 11) is 0. The lowest BCUT2D eigenvalue weighted by atomic mass is 10.2. The van der Waals surface area contributed by atoms with Crippen LogP contribution >= 0.6 is 0 Å². The summed E-state index contributed by atoms with van der Waals surface area (Å²) in [6.07, 6.45) is 3.59. The molecule has 0 radical (unpaired) electrons. The Kier molecular flexibility index (Phi) is 5.57. The van der Waals surface area contributed by atoms with E-state index in [1.807, 2.05) is 24.3 Å². The average Bonchev–Trinajstić information content (AvgIpc) is 2.31. The van der Waals surface area contributed by atoms with E-state index in [-0.39, 0.29) is 0 Å². The normalized spacial score (nSPS) is 10.4. The molecule has 1 aromatic carbocycles. The highest BCUT2D eigenvalue weighted by Gasteiger charge is 1.99. The maximum absolute atomic E-state index is 10.5. The Balaban J connectivity index is 2.63. The van der Waals surface area contributed by atoms with Crippen LogP contribution in [0.3, 0.4) is 0 Å². The van der Waals surface area contributed by atoms with Crippen molar-refractivity contribution in [1.29, 1.82) is 0 Å². The molecule has 92 valence electrons. The molecule has 3 N–H and O–H groups in total. The van der Waals surface area contributed by atoms with Gasteiger partial charge in [-0.05, 0) is 18.6 Å². The summed E-state index contributed by atoms with van der Waals surface area (Å²) >= 11 is 0. The second-order valence-electron chi connectivity index (χ2n) is 3.47. The molecule has 0 aromatic heterocycles. The molecule has 0 saturated carbocycles. The molecule has 0 atom stereocenters. The Labute approximate surface area is 101 Å². The van der Waals surface area contributed by atoms with Crippen molar-refractivity contribution in [2.45, 2.75) is 19.8 Å². The monoisotopic (exact) mass is 235 g/mol. The van der Waals surface area contributed by atoms with Gasteiger partial charge in [-0.25, -0.2) is 10.2 Å². The third-order valence-electron chi connectivity index (χ3n) is 2.05. The maximum atomic E-state index is 10.5. The Morgan fingerprint density at radius 2 is 2.29 bits per heavy atom. The number of urea groups is 1. The first-order chi connectivity index (χ1) is 8.24. The largest absolute Gasteiger partial charge is 0.493 e. The van der Waals surface area contributed by atoms with Crippen LogP contribution in [0.25, 0.3) is 0 Å². The summed E-state index contributed by atoms with van der Waals surface area (Å²) in [6.45, 7) is 2.78. The van der Waals surface area contributed by atoms with Gasteiger partial charge in [0, 0.05) is 5.56 Å².